The van der Waals surface area contributed by atoms with Gasteiger partial charge >= 0.3 is 5.97 Å². The molecule has 0 saturated carbocycles. The number of carbonyl (C=O) groups is 1. The van der Waals surface area contributed by atoms with E-state index in [-0.39, 0.29) is 11.5 Å². The van der Waals surface area contributed by atoms with Crippen molar-refractivity contribution in [2.75, 3.05) is 17.5 Å². The molecular weight excluding hydrogens is 362 g/mol. The highest BCUT2D eigenvalue weighted by atomic mass is 35.5. The van der Waals surface area contributed by atoms with E-state index in [0.717, 1.165) is 9.87 Å². The Balaban J connectivity index is 2.56. The second kappa shape index (κ2) is 7.89. The van der Waals surface area contributed by atoms with Crippen molar-refractivity contribution in [1.29, 1.82) is 0 Å². The van der Waals surface area contributed by atoms with Crippen LogP contribution in [0.4, 0.5) is 5.69 Å². The first-order valence-corrected chi connectivity index (χ1v) is 9.59. The van der Waals surface area contributed by atoms with Gasteiger partial charge in [0.2, 0.25) is 0 Å². The molecule has 0 radical (unpaired) electrons. The van der Waals surface area contributed by atoms with E-state index >= 15 is 0 Å². The lowest BCUT2D eigenvalue weighted by atomic mass is 10.2. The highest BCUT2D eigenvalue weighted by molar-refractivity contribution is 7.92. The van der Waals surface area contributed by atoms with Crippen LogP contribution < -0.4 is 4.31 Å². The number of anilines is 1. The largest absolute Gasteiger partial charge is 0.465 e. The van der Waals surface area contributed by atoms with Crippen LogP contribution in [0.2, 0.25) is 5.02 Å². The van der Waals surface area contributed by atoms with Crippen molar-refractivity contribution >= 4 is 33.3 Å². The molecule has 2 aromatic carbocycles. The number of rotatable bonds is 6. The Morgan fingerprint density at radius 1 is 1.12 bits per heavy atom. The Bertz CT molecular complexity index is 863. The zero-order chi connectivity index (χ0) is 18.6. The average molecular weight is 382 g/mol. The summed E-state index contributed by atoms with van der Waals surface area (Å²) in [6, 6.07) is 11.4. The van der Waals surface area contributed by atoms with E-state index in [1.165, 1.54) is 12.1 Å². The molecule has 2 rings (SSSR count). The summed E-state index contributed by atoms with van der Waals surface area (Å²) in [6.07, 6.45) is 0. The number of aryl methyl sites for hydroxylation is 1. The first-order valence-electron chi connectivity index (χ1n) is 7.77. The molecule has 25 heavy (non-hydrogen) atoms. The standard InChI is InChI=1S/C18H20ClNO4S/c1-4-24-18(21)12-20(17-7-5-6-16(19)14(17)3)25(22,23)15-10-8-13(2)9-11-15/h5-11H,4,12H2,1-3H3. The number of nitrogens with zero attached hydrogens (tertiary/aromatic N) is 1. The Labute approximate surface area is 153 Å². The summed E-state index contributed by atoms with van der Waals surface area (Å²) in [6.45, 7) is 4.99. The number of hydrogen-bond donors (Lipinski definition) is 0. The first kappa shape index (κ1) is 19.3. The van der Waals surface area contributed by atoms with Gasteiger partial charge in [0.15, 0.2) is 0 Å². The van der Waals surface area contributed by atoms with Crippen molar-refractivity contribution in [1.82, 2.24) is 0 Å². The molecule has 0 amide bonds. The minimum Gasteiger partial charge on any atom is -0.465 e. The van der Waals surface area contributed by atoms with Crippen LogP contribution in [0.3, 0.4) is 0 Å². The van der Waals surface area contributed by atoms with E-state index in [1.54, 1.807) is 44.2 Å². The maximum absolute atomic E-state index is 13.1. The zero-order valence-corrected chi connectivity index (χ0v) is 15.9. The third kappa shape index (κ3) is 4.32. The van der Waals surface area contributed by atoms with Gasteiger partial charge in [0.05, 0.1) is 17.2 Å². The van der Waals surface area contributed by atoms with Crippen LogP contribution in [-0.4, -0.2) is 27.5 Å². The van der Waals surface area contributed by atoms with Gasteiger partial charge in [-0.05, 0) is 50.6 Å². The van der Waals surface area contributed by atoms with E-state index in [1.807, 2.05) is 6.92 Å². The molecule has 0 spiro atoms. The molecule has 0 unspecified atom stereocenters. The molecular formula is C18H20ClNO4S. The lowest BCUT2D eigenvalue weighted by molar-refractivity contribution is -0.141. The number of carbonyl (C=O) groups excluding carboxylic acids is 1. The quantitative estimate of drug-likeness (QED) is 0.715. The van der Waals surface area contributed by atoms with Crippen molar-refractivity contribution in [3.63, 3.8) is 0 Å². The summed E-state index contributed by atoms with van der Waals surface area (Å²) in [4.78, 5) is 12.1. The third-order valence-electron chi connectivity index (χ3n) is 3.69. The van der Waals surface area contributed by atoms with Gasteiger partial charge in [-0.1, -0.05) is 35.4 Å². The van der Waals surface area contributed by atoms with Gasteiger partial charge in [-0.15, -0.1) is 0 Å². The van der Waals surface area contributed by atoms with Crippen molar-refractivity contribution in [3.05, 3.63) is 58.6 Å². The molecule has 0 aromatic heterocycles. The minimum absolute atomic E-state index is 0.0989. The predicted molar refractivity (Wildman–Crippen MR) is 98.5 cm³/mol. The smallest absolute Gasteiger partial charge is 0.326 e. The summed E-state index contributed by atoms with van der Waals surface area (Å²) >= 11 is 6.13. The monoisotopic (exact) mass is 381 g/mol. The van der Waals surface area contributed by atoms with Crippen LogP contribution in [0.25, 0.3) is 0 Å². The fourth-order valence-electron chi connectivity index (χ4n) is 2.33. The Morgan fingerprint density at radius 2 is 1.76 bits per heavy atom. The molecule has 5 nitrogen and oxygen atoms in total. The van der Waals surface area contributed by atoms with Crippen LogP contribution >= 0.6 is 11.6 Å². The Hall–Kier alpha value is -2.05. The zero-order valence-electron chi connectivity index (χ0n) is 14.3. The lowest BCUT2D eigenvalue weighted by Crippen LogP contribution is -2.37. The second-order valence-corrected chi connectivity index (χ2v) is 7.78. The van der Waals surface area contributed by atoms with Gasteiger partial charge in [0, 0.05) is 5.02 Å². The number of ether oxygens (including phenoxy) is 1. The molecule has 0 fully saturated rings. The third-order valence-corrected chi connectivity index (χ3v) is 5.88. The average Bonchev–Trinajstić information content (AvgIpc) is 2.56. The highest BCUT2D eigenvalue weighted by Gasteiger charge is 2.29. The Kier molecular flexibility index (Phi) is 6.08. The molecule has 0 atom stereocenters. The number of sulfonamides is 1. The minimum atomic E-state index is -3.95. The lowest BCUT2D eigenvalue weighted by Gasteiger charge is -2.25. The van der Waals surface area contributed by atoms with Gasteiger partial charge < -0.3 is 4.74 Å². The summed E-state index contributed by atoms with van der Waals surface area (Å²) in [5.41, 5.74) is 1.86. The number of hydrogen-bond acceptors (Lipinski definition) is 4. The van der Waals surface area contributed by atoms with Gasteiger partial charge in [0.25, 0.3) is 10.0 Å². The molecule has 7 heteroatoms. The van der Waals surface area contributed by atoms with Crippen molar-refractivity contribution < 1.29 is 17.9 Å². The van der Waals surface area contributed by atoms with Gasteiger partial charge in [-0.2, -0.15) is 0 Å². The number of halogens is 1. The molecule has 0 bridgehead atoms. The summed E-state index contributed by atoms with van der Waals surface area (Å²) in [7, 11) is -3.95. The SMILES string of the molecule is CCOC(=O)CN(c1cccc(Cl)c1C)S(=O)(=O)c1ccc(C)cc1. The molecule has 0 aliphatic rings. The fourth-order valence-corrected chi connectivity index (χ4v) is 3.96. The molecule has 0 saturated heterocycles. The fraction of sp³-hybridized carbons (Fsp3) is 0.278. The highest BCUT2D eigenvalue weighted by Crippen LogP contribution is 2.30. The second-order valence-electron chi connectivity index (χ2n) is 5.51. The van der Waals surface area contributed by atoms with E-state index in [2.05, 4.69) is 0 Å². The van der Waals surface area contributed by atoms with Crippen molar-refractivity contribution in [2.24, 2.45) is 0 Å². The topological polar surface area (TPSA) is 63.7 Å². The van der Waals surface area contributed by atoms with E-state index < -0.39 is 22.5 Å². The van der Waals surface area contributed by atoms with Crippen LogP contribution in [0.15, 0.2) is 47.4 Å². The van der Waals surface area contributed by atoms with Crippen LogP contribution in [-0.2, 0) is 19.6 Å². The summed E-state index contributed by atoms with van der Waals surface area (Å²) in [5, 5.41) is 0.422. The molecule has 0 heterocycles. The van der Waals surface area contributed by atoms with Crippen molar-refractivity contribution in [2.45, 2.75) is 25.7 Å². The van der Waals surface area contributed by atoms with E-state index in [4.69, 9.17) is 16.3 Å². The van der Waals surface area contributed by atoms with E-state index in [9.17, 15) is 13.2 Å². The maximum Gasteiger partial charge on any atom is 0.326 e. The van der Waals surface area contributed by atoms with Crippen LogP contribution in [0, 0.1) is 13.8 Å². The van der Waals surface area contributed by atoms with Gasteiger partial charge in [0.1, 0.15) is 6.54 Å². The predicted octanol–water partition coefficient (Wildman–Crippen LogP) is 3.72. The first-order chi connectivity index (χ1) is 11.8. The number of benzene rings is 2. The van der Waals surface area contributed by atoms with Crippen LogP contribution in [0.5, 0.6) is 0 Å². The molecule has 0 aliphatic carbocycles. The summed E-state index contributed by atoms with van der Waals surface area (Å²) in [5.74, 6) is -0.627. The molecule has 0 N–H and O–H groups in total. The Morgan fingerprint density at radius 3 is 2.36 bits per heavy atom. The van der Waals surface area contributed by atoms with E-state index in [0.29, 0.717) is 16.3 Å². The summed E-state index contributed by atoms with van der Waals surface area (Å²) < 4.78 is 32.2. The molecule has 134 valence electrons. The maximum atomic E-state index is 13.1. The van der Waals surface area contributed by atoms with Crippen molar-refractivity contribution in [3.8, 4) is 0 Å². The molecule has 2 aromatic rings. The van der Waals surface area contributed by atoms with Gasteiger partial charge in [-0.3, -0.25) is 9.10 Å². The van der Waals surface area contributed by atoms with Gasteiger partial charge in [-0.25, -0.2) is 8.42 Å². The number of esters is 1. The van der Waals surface area contributed by atoms with Crippen LogP contribution in [0.1, 0.15) is 18.1 Å². The molecule has 0 aliphatic heterocycles. The normalized spacial score (nSPS) is 11.2.